The topological polar surface area (TPSA) is 298 Å². The number of nitro groups is 1. The summed E-state index contributed by atoms with van der Waals surface area (Å²) < 4.78 is 60.9. The van der Waals surface area contributed by atoms with Crippen molar-refractivity contribution in [2.24, 2.45) is 0 Å². The molecule has 23 heteroatoms. The Kier molecular flexibility index (Phi) is 10.6. The molecule has 0 saturated carbocycles. The normalized spacial score (nSPS) is 22.8. The molecule has 4 aromatic rings. The number of aliphatic hydroxyl groups is 1. The van der Waals surface area contributed by atoms with E-state index in [-0.39, 0.29) is 30.2 Å². The van der Waals surface area contributed by atoms with Crippen molar-refractivity contribution < 1.29 is 65.9 Å². The molecule has 4 unspecified atom stereocenters. The second-order valence-electron chi connectivity index (χ2n) is 10.9. The van der Waals surface area contributed by atoms with Crippen molar-refractivity contribution in [3.8, 4) is 0 Å². The zero-order valence-electron chi connectivity index (χ0n) is 25.2. The Morgan fingerprint density at radius 1 is 1.06 bits per heavy atom. The second kappa shape index (κ2) is 14.0. The summed E-state index contributed by atoms with van der Waals surface area (Å²) in [7, 11) is -16.9. The summed E-state index contributed by atoms with van der Waals surface area (Å²) in [6.07, 6.45) is -0.624. The Balaban J connectivity index is 1.39. The third-order valence-corrected chi connectivity index (χ3v) is 11.2. The molecule has 1 saturated heterocycles. The number of aliphatic hydroxyl groups excluding tert-OH is 1. The molecule has 49 heavy (non-hydrogen) atoms. The van der Waals surface area contributed by atoms with Gasteiger partial charge in [0.1, 0.15) is 35.7 Å². The molecule has 264 valence electrons. The van der Waals surface area contributed by atoms with Gasteiger partial charge in [-0.2, -0.15) is 8.62 Å². The maximum atomic E-state index is 12.3. The zero-order valence-corrected chi connectivity index (χ0v) is 27.9. The van der Waals surface area contributed by atoms with Gasteiger partial charge in [-0.15, -0.1) is 0 Å². The van der Waals surface area contributed by atoms with Crippen molar-refractivity contribution >= 4 is 46.0 Å². The van der Waals surface area contributed by atoms with Gasteiger partial charge in [0, 0.05) is 24.2 Å². The number of aromatic nitrogens is 3. The maximum Gasteiger partial charge on any atom is 0.490 e. The van der Waals surface area contributed by atoms with Crippen LogP contribution >= 0.6 is 23.5 Å². The largest absolute Gasteiger partial charge is 0.490 e. The smallest absolute Gasteiger partial charge is 0.390 e. The second-order valence-corrected chi connectivity index (χ2v) is 15.4. The fourth-order valence-electron chi connectivity index (χ4n) is 5.25. The molecule has 0 radical (unpaired) electrons. The van der Waals surface area contributed by atoms with E-state index in [0.717, 1.165) is 0 Å². The maximum absolute atomic E-state index is 12.3. The van der Waals surface area contributed by atoms with Gasteiger partial charge < -0.3 is 44.5 Å². The lowest BCUT2D eigenvalue weighted by atomic mass is 9.99. The van der Waals surface area contributed by atoms with Crippen LogP contribution in [0.5, 0.6) is 0 Å². The number of nitrogen functional groups attached to an aromatic ring is 1. The number of phosphoric ester groups is 1. The van der Waals surface area contributed by atoms with E-state index in [1.165, 1.54) is 23.9 Å². The first-order chi connectivity index (χ1) is 22.9. The summed E-state index contributed by atoms with van der Waals surface area (Å²) in [6.45, 7) is 0.249. The molecule has 1 aliphatic heterocycles. The number of phosphoric acid groups is 3. The number of benzene rings is 2. The first-order valence-electron chi connectivity index (χ1n) is 14.0. The van der Waals surface area contributed by atoms with Crippen molar-refractivity contribution in [2.75, 3.05) is 12.3 Å². The van der Waals surface area contributed by atoms with Crippen molar-refractivity contribution in [1.29, 1.82) is 0 Å². The molecule has 2 aromatic carbocycles. The lowest BCUT2D eigenvalue weighted by Gasteiger charge is -2.28. The van der Waals surface area contributed by atoms with E-state index in [0.29, 0.717) is 22.1 Å². The summed E-state index contributed by atoms with van der Waals surface area (Å²) in [5.74, 6) is 0.0678. The van der Waals surface area contributed by atoms with Gasteiger partial charge in [0.15, 0.2) is 0 Å². The molecule has 3 heterocycles. The molecular weight excluding hydrogens is 715 g/mol. The standard InChI is InChI=1S/C26H30N5O15P3/c1-26(14-43-48(38,39)46-49(40,41)45-47(35,36)37)20(32)11-21(44-26)30-12-17(22-24(27)28-15-29-25(22)30)13-42-23(16-7-3-2-4-8-16)18-9-5-6-10-19(18)31(33)34/h2-10,12,15,20-21,23,32H,11,13-14H2,1H3,(H,38,39)(H,40,41)(H2,27,28,29)(H2,35,36,37)/t20?,21-,23+,26?/m1/s1. The summed E-state index contributed by atoms with van der Waals surface area (Å²) in [6, 6.07) is 15.0. The molecule has 2 aromatic heterocycles. The number of para-hydroxylation sites is 1. The third-order valence-electron chi connectivity index (χ3n) is 7.42. The van der Waals surface area contributed by atoms with Crippen LogP contribution in [-0.4, -0.2) is 62.5 Å². The highest BCUT2D eigenvalue weighted by Crippen LogP contribution is 2.66. The molecule has 6 atom stereocenters. The van der Waals surface area contributed by atoms with Crippen LogP contribution in [0.1, 0.15) is 42.4 Å². The molecule has 20 nitrogen and oxygen atoms in total. The van der Waals surface area contributed by atoms with Crippen LogP contribution in [0.2, 0.25) is 0 Å². The van der Waals surface area contributed by atoms with Crippen LogP contribution in [0.3, 0.4) is 0 Å². The monoisotopic (exact) mass is 745 g/mol. The first-order valence-corrected chi connectivity index (χ1v) is 18.5. The predicted molar refractivity (Wildman–Crippen MR) is 167 cm³/mol. The summed E-state index contributed by atoms with van der Waals surface area (Å²) >= 11 is 0. The van der Waals surface area contributed by atoms with Crippen LogP contribution in [0.15, 0.2) is 67.1 Å². The van der Waals surface area contributed by atoms with Gasteiger partial charge in [-0.25, -0.2) is 23.7 Å². The van der Waals surface area contributed by atoms with Gasteiger partial charge in [0.05, 0.1) is 35.2 Å². The molecule has 0 bridgehead atoms. The Morgan fingerprint density at radius 2 is 1.73 bits per heavy atom. The highest BCUT2D eigenvalue weighted by Gasteiger charge is 2.49. The van der Waals surface area contributed by atoms with Crippen LogP contribution in [0.4, 0.5) is 11.5 Å². The van der Waals surface area contributed by atoms with E-state index in [1.54, 1.807) is 54.7 Å². The number of ether oxygens (including phenoxy) is 2. The van der Waals surface area contributed by atoms with E-state index >= 15 is 0 Å². The van der Waals surface area contributed by atoms with Crippen LogP contribution in [0, 0.1) is 10.1 Å². The minimum absolute atomic E-state index is 0.0678. The number of nitrogens with two attached hydrogens (primary N) is 1. The predicted octanol–water partition coefficient (Wildman–Crippen LogP) is 3.61. The molecule has 1 fully saturated rings. The Bertz CT molecular complexity index is 1990. The van der Waals surface area contributed by atoms with E-state index < -0.39 is 59.0 Å². The van der Waals surface area contributed by atoms with Gasteiger partial charge in [-0.1, -0.05) is 42.5 Å². The lowest BCUT2D eigenvalue weighted by Crippen LogP contribution is -2.40. The van der Waals surface area contributed by atoms with Crippen molar-refractivity contribution in [1.82, 2.24) is 14.5 Å². The Morgan fingerprint density at radius 3 is 2.41 bits per heavy atom. The van der Waals surface area contributed by atoms with Crippen LogP contribution in [0.25, 0.3) is 11.0 Å². The summed E-state index contributed by atoms with van der Waals surface area (Å²) in [5.41, 5.74) is 5.99. The summed E-state index contributed by atoms with van der Waals surface area (Å²) in [5, 5.41) is 23.1. The van der Waals surface area contributed by atoms with E-state index in [1.807, 2.05) is 0 Å². The fraction of sp³-hybridized carbons (Fsp3) is 0.308. The number of rotatable bonds is 14. The number of anilines is 1. The van der Waals surface area contributed by atoms with Crippen LogP contribution in [-0.2, 0) is 42.9 Å². The van der Waals surface area contributed by atoms with E-state index in [4.69, 9.17) is 29.5 Å². The molecule has 0 aliphatic carbocycles. The van der Waals surface area contributed by atoms with Gasteiger partial charge in [0.25, 0.3) is 5.69 Å². The zero-order chi connectivity index (χ0) is 35.8. The molecule has 5 rings (SSSR count). The van der Waals surface area contributed by atoms with Gasteiger partial charge in [-0.05, 0) is 18.6 Å². The number of nitro benzene ring substituents is 1. The minimum atomic E-state index is -5.76. The average Bonchev–Trinajstić information content (AvgIpc) is 3.53. The quantitative estimate of drug-likeness (QED) is 0.0610. The van der Waals surface area contributed by atoms with E-state index in [2.05, 4.69) is 18.6 Å². The number of fused-ring (bicyclic) bond motifs is 1. The van der Waals surface area contributed by atoms with Gasteiger partial charge >= 0.3 is 23.5 Å². The van der Waals surface area contributed by atoms with Gasteiger partial charge in [-0.3, -0.25) is 14.6 Å². The first kappa shape index (κ1) is 36.8. The van der Waals surface area contributed by atoms with Crippen molar-refractivity contribution in [2.45, 2.75) is 44.0 Å². The summed E-state index contributed by atoms with van der Waals surface area (Å²) in [4.78, 5) is 56.5. The molecule has 7 N–H and O–H groups in total. The average molecular weight is 745 g/mol. The number of hydrogen-bond acceptors (Lipinski definition) is 14. The third kappa shape index (κ3) is 8.65. The Hall–Kier alpha value is -3.45. The van der Waals surface area contributed by atoms with Crippen molar-refractivity contribution in [3.63, 3.8) is 0 Å². The Labute approximate surface area is 276 Å². The van der Waals surface area contributed by atoms with Crippen LogP contribution < -0.4 is 5.73 Å². The van der Waals surface area contributed by atoms with E-state index in [9.17, 15) is 38.7 Å². The van der Waals surface area contributed by atoms with Crippen molar-refractivity contribution in [3.05, 3.63) is 93.9 Å². The molecule has 1 aliphatic rings. The fourth-order valence-corrected chi connectivity index (χ4v) is 8.36. The lowest BCUT2D eigenvalue weighted by molar-refractivity contribution is -0.386. The SMILES string of the molecule is CC1(COP(=O)(O)OP(=O)(O)OP(=O)(O)O)O[C@@H](n2cc(CO[C@@H](c3ccccc3)c3ccccc3[N+](=O)[O-])c3c(N)ncnc32)CC1O. The molecular formula is C26H30N5O15P3. The molecule has 0 amide bonds. The molecule has 0 spiro atoms. The number of hydrogen-bond donors (Lipinski definition) is 6. The highest BCUT2D eigenvalue weighted by atomic mass is 31.3. The van der Waals surface area contributed by atoms with Gasteiger partial charge in [0.2, 0.25) is 0 Å². The minimum Gasteiger partial charge on any atom is -0.390 e. The number of nitrogens with zero attached hydrogens (tertiary/aromatic N) is 4. The highest BCUT2D eigenvalue weighted by molar-refractivity contribution is 7.66.